The third-order valence-corrected chi connectivity index (χ3v) is 6.33. The summed E-state index contributed by atoms with van der Waals surface area (Å²) in [5, 5.41) is 2.89. The number of carbonyl (C=O) groups is 1. The summed E-state index contributed by atoms with van der Waals surface area (Å²) in [6.45, 7) is 2.47. The Morgan fingerprint density at radius 1 is 1.18 bits per heavy atom. The zero-order valence-corrected chi connectivity index (χ0v) is 16.7. The molecule has 2 aromatic rings. The highest BCUT2D eigenvalue weighted by molar-refractivity contribution is 7.90. The van der Waals surface area contributed by atoms with Crippen LogP contribution in [-0.4, -0.2) is 33.5 Å². The lowest BCUT2D eigenvalue weighted by Crippen LogP contribution is -2.43. The molecule has 0 aliphatic carbocycles. The standard InChI is InChI=1S/C20H26N4O3S/c1-2-22-28(26,27)24-13-7-10-16-18(11-6-12-19(16)24)23-20(25)17(21)14-15-8-4-3-5-9-15/h3-6,8-9,11-12,17,22H,2,7,10,13-14,21H2,1H3,(H,23,25). The van der Waals surface area contributed by atoms with Crippen molar-refractivity contribution >= 4 is 27.5 Å². The van der Waals surface area contributed by atoms with Crippen molar-refractivity contribution in [2.75, 3.05) is 22.7 Å². The van der Waals surface area contributed by atoms with Crippen molar-refractivity contribution in [1.82, 2.24) is 4.72 Å². The fourth-order valence-electron chi connectivity index (χ4n) is 3.40. The maximum atomic E-state index is 12.6. The van der Waals surface area contributed by atoms with Crippen molar-refractivity contribution in [3.05, 3.63) is 59.7 Å². The number of rotatable bonds is 7. The molecule has 0 bridgehead atoms. The van der Waals surface area contributed by atoms with Gasteiger partial charge < -0.3 is 11.1 Å². The molecule has 150 valence electrons. The highest BCUT2D eigenvalue weighted by Gasteiger charge is 2.28. The van der Waals surface area contributed by atoms with E-state index in [1.165, 1.54) is 4.31 Å². The Kier molecular flexibility index (Phi) is 6.33. The summed E-state index contributed by atoms with van der Waals surface area (Å²) in [6, 6.07) is 14.2. The van der Waals surface area contributed by atoms with Gasteiger partial charge in [0.25, 0.3) is 0 Å². The van der Waals surface area contributed by atoms with Crippen LogP contribution in [0.3, 0.4) is 0 Å². The van der Waals surface area contributed by atoms with Crippen molar-refractivity contribution in [1.29, 1.82) is 0 Å². The molecule has 8 heteroatoms. The lowest BCUT2D eigenvalue weighted by Gasteiger charge is -2.31. The zero-order valence-electron chi connectivity index (χ0n) is 15.9. The molecule has 0 saturated carbocycles. The molecule has 4 N–H and O–H groups in total. The van der Waals surface area contributed by atoms with Crippen LogP contribution in [0, 0.1) is 0 Å². The van der Waals surface area contributed by atoms with Gasteiger partial charge in [0.2, 0.25) is 5.91 Å². The minimum atomic E-state index is -3.60. The largest absolute Gasteiger partial charge is 0.324 e. The topological polar surface area (TPSA) is 105 Å². The van der Waals surface area contributed by atoms with E-state index in [2.05, 4.69) is 10.0 Å². The van der Waals surface area contributed by atoms with Crippen molar-refractivity contribution in [3.63, 3.8) is 0 Å². The predicted molar refractivity (Wildman–Crippen MR) is 111 cm³/mol. The van der Waals surface area contributed by atoms with E-state index < -0.39 is 16.3 Å². The molecule has 1 unspecified atom stereocenters. The number of anilines is 2. The van der Waals surface area contributed by atoms with Crippen LogP contribution in [0.4, 0.5) is 11.4 Å². The molecule has 0 aromatic heterocycles. The van der Waals surface area contributed by atoms with Crippen LogP contribution in [0.25, 0.3) is 0 Å². The number of benzene rings is 2. The molecule has 0 saturated heterocycles. The average molecular weight is 403 g/mol. The first kappa shape index (κ1) is 20.3. The van der Waals surface area contributed by atoms with Gasteiger partial charge in [-0.05, 0) is 37.0 Å². The fraction of sp³-hybridized carbons (Fsp3) is 0.350. The van der Waals surface area contributed by atoms with E-state index in [9.17, 15) is 13.2 Å². The SMILES string of the molecule is CCNS(=O)(=O)N1CCCc2c(NC(=O)C(N)Cc3ccccc3)cccc21. The molecular weight excluding hydrogens is 376 g/mol. The number of nitrogens with one attached hydrogen (secondary N) is 2. The number of nitrogens with zero attached hydrogens (tertiary/aromatic N) is 1. The molecule has 1 atom stereocenters. The monoisotopic (exact) mass is 402 g/mol. The van der Waals surface area contributed by atoms with E-state index in [1.807, 2.05) is 30.3 Å². The van der Waals surface area contributed by atoms with Gasteiger partial charge in [0, 0.05) is 24.3 Å². The van der Waals surface area contributed by atoms with Crippen molar-refractivity contribution in [3.8, 4) is 0 Å². The second kappa shape index (κ2) is 8.72. The van der Waals surface area contributed by atoms with Gasteiger partial charge in [-0.2, -0.15) is 13.1 Å². The molecule has 3 rings (SSSR count). The van der Waals surface area contributed by atoms with Gasteiger partial charge in [-0.1, -0.05) is 43.3 Å². The molecule has 7 nitrogen and oxygen atoms in total. The Morgan fingerprint density at radius 2 is 1.93 bits per heavy atom. The first-order valence-corrected chi connectivity index (χ1v) is 10.9. The lowest BCUT2D eigenvalue weighted by molar-refractivity contribution is -0.117. The van der Waals surface area contributed by atoms with Crippen LogP contribution in [-0.2, 0) is 27.8 Å². The van der Waals surface area contributed by atoms with Crippen LogP contribution in [0.2, 0.25) is 0 Å². The molecular formula is C20H26N4O3S. The van der Waals surface area contributed by atoms with Crippen LogP contribution >= 0.6 is 0 Å². The van der Waals surface area contributed by atoms with E-state index >= 15 is 0 Å². The quantitative estimate of drug-likeness (QED) is 0.657. The Hall–Kier alpha value is -2.42. The van der Waals surface area contributed by atoms with E-state index in [1.54, 1.807) is 25.1 Å². The normalized spacial score (nSPS) is 15.0. The Balaban J connectivity index is 1.79. The Labute approximate surface area is 166 Å². The lowest BCUT2D eigenvalue weighted by atomic mass is 10.0. The zero-order chi connectivity index (χ0) is 20.1. The molecule has 0 fully saturated rings. The van der Waals surface area contributed by atoms with Crippen molar-refractivity contribution in [2.45, 2.75) is 32.2 Å². The van der Waals surface area contributed by atoms with E-state index in [4.69, 9.17) is 5.73 Å². The minimum Gasteiger partial charge on any atom is -0.324 e. The predicted octanol–water partition coefficient (Wildman–Crippen LogP) is 1.80. The van der Waals surface area contributed by atoms with Crippen molar-refractivity contribution in [2.24, 2.45) is 5.73 Å². The summed E-state index contributed by atoms with van der Waals surface area (Å²) in [4.78, 5) is 12.6. The third-order valence-electron chi connectivity index (χ3n) is 4.72. The number of hydrogen-bond donors (Lipinski definition) is 3. The highest BCUT2D eigenvalue weighted by atomic mass is 32.2. The van der Waals surface area contributed by atoms with Gasteiger partial charge in [-0.3, -0.25) is 9.10 Å². The van der Waals surface area contributed by atoms with Crippen LogP contribution < -0.4 is 20.1 Å². The first-order chi connectivity index (χ1) is 13.4. The summed E-state index contributed by atoms with van der Waals surface area (Å²) in [7, 11) is -3.60. The average Bonchev–Trinajstić information content (AvgIpc) is 2.68. The second-order valence-electron chi connectivity index (χ2n) is 6.77. The van der Waals surface area contributed by atoms with Gasteiger partial charge in [-0.15, -0.1) is 0 Å². The van der Waals surface area contributed by atoms with Crippen LogP contribution in [0.15, 0.2) is 48.5 Å². The number of carbonyl (C=O) groups excluding carboxylic acids is 1. The van der Waals surface area contributed by atoms with Gasteiger partial charge in [0.1, 0.15) is 0 Å². The summed E-state index contributed by atoms with van der Waals surface area (Å²) >= 11 is 0. The highest BCUT2D eigenvalue weighted by Crippen LogP contribution is 2.34. The molecule has 0 spiro atoms. The summed E-state index contributed by atoms with van der Waals surface area (Å²) in [5.74, 6) is -0.288. The second-order valence-corrected chi connectivity index (χ2v) is 8.45. The molecule has 1 aliphatic heterocycles. The maximum absolute atomic E-state index is 12.6. The maximum Gasteiger partial charge on any atom is 0.301 e. The molecule has 2 aromatic carbocycles. The summed E-state index contributed by atoms with van der Waals surface area (Å²) in [6.07, 6.45) is 1.81. The minimum absolute atomic E-state index is 0.288. The number of amides is 1. The van der Waals surface area contributed by atoms with Gasteiger partial charge in [-0.25, -0.2) is 0 Å². The van der Waals surface area contributed by atoms with Gasteiger partial charge >= 0.3 is 10.2 Å². The summed E-state index contributed by atoms with van der Waals surface area (Å²) < 4.78 is 28.9. The number of fused-ring (bicyclic) bond motifs is 1. The Morgan fingerprint density at radius 3 is 2.64 bits per heavy atom. The molecule has 28 heavy (non-hydrogen) atoms. The van der Waals surface area contributed by atoms with Crippen LogP contribution in [0.5, 0.6) is 0 Å². The first-order valence-electron chi connectivity index (χ1n) is 9.42. The van der Waals surface area contributed by atoms with E-state index in [0.29, 0.717) is 43.7 Å². The van der Waals surface area contributed by atoms with Crippen LogP contribution in [0.1, 0.15) is 24.5 Å². The van der Waals surface area contributed by atoms with Gasteiger partial charge in [0.15, 0.2) is 0 Å². The van der Waals surface area contributed by atoms with Crippen molar-refractivity contribution < 1.29 is 13.2 Å². The Bertz CT molecular complexity index is 932. The molecule has 1 amide bonds. The third kappa shape index (κ3) is 4.52. The number of nitrogens with two attached hydrogens (primary N) is 1. The smallest absolute Gasteiger partial charge is 0.301 e. The van der Waals surface area contributed by atoms with E-state index in [-0.39, 0.29) is 5.91 Å². The van der Waals surface area contributed by atoms with Gasteiger partial charge in [0.05, 0.1) is 11.7 Å². The fourth-order valence-corrected chi connectivity index (χ4v) is 4.72. The molecule has 1 heterocycles. The summed E-state index contributed by atoms with van der Waals surface area (Å²) in [5.41, 5.74) is 9.10. The molecule has 0 radical (unpaired) electrons. The van der Waals surface area contributed by atoms with E-state index in [0.717, 1.165) is 11.1 Å². The molecule has 1 aliphatic rings. The number of hydrogen-bond acceptors (Lipinski definition) is 4.